The van der Waals surface area contributed by atoms with Crippen molar-refractivity contribution < 1.29 is 23.4 Å². The minimum absolute atomic E-state index is 0.0561. The molecule has 3 N–H and O–H groups in total. The summed E-state index contributed by atoms with van der Waals surface area (Å²) in [6.45, 7) is -3.09. The number of benzene rings is 1. The van der Waals surface area contributed by atoms with Crippen molar-refractivity contribution in [3.8, 4) is 16.2 Å². The van der Waals surface area contributed by atoms with E-state index in [0.717, 1.165) is 48.7 Å². The molecular weight excluding hydrogens is 438 g/mol. The maximum absolute atomic E-state index is 13.5. The van der Waals surface area contributed by atoms with E-state index < -0.39 is 23.6 Å². The number of thiophene rings is 1. The van der Waals surface area contributed by atoms with E-state index in [9.17, 15) is 23.5 Å². The van der Waals surface area contributed by atoms with Crippen LogP contribution in [0.4, 0.5) is 8.78 Å². The summed E-state index contributed by atoms with van der Waals surface area (Å²) in [6.07, 6.45) is 5.81. The van der Waals surface area contributed by atoms with Crippen molar-refractivity contribution in [1.29, 1.82) is 0 Å². The van der Waals surface area contributed by atoms with Crippen molar-refractivity contribution in [2.45, 2.75) is 50.7 Å². The molecule has 0 spiro atoms. The summed E-state index contributed by atoms with van der Waals surface area (Å²) >= 11 is 1.58. The molecule has 0 bridgehead atoms. The molecule has 5 rings (SSSR count). The van der Waals surface area contributed by atoms with Crippen LogP contribution in [0.3, 0.4) is 0 Å². The fourth-order valence-corrected chi connectivity index (χ4v) is 6.00. The highest BCUT2D eigenvalue weighted by Crippen LogP contribution is 2.52. The SMILES string of the molecule is CNC1CCCc2sc(-c3c(C4CC4)cc4c(=O)c(C(=O)O)c[nH]c4c3OC(F)F)cc21. The van der Waals surface area contributed by atoms with Gasteiger partial charge in [0.05, 0.1) is 10.9 Å². The van der Waals surface area contributed by atoms with E-state index in [1.165, 1.54) is 10.4 Å². The number of aromatic nitrogens is 1. The van der Waals surface area contributed by atoms with Crippen LogP contribution in [0.5, 0.6) is 5.75 Å². The largest absolute Gasteiger partial charge is 0.477 e. The number of ether oxygens (including phenoxy) is 1. The van der Waals surface area contributed by atoms with Gasteiger partial charge in [0.25, 0.3) is 0 Å². The molecule has 0 aliphatic heterocycles. The topological polar surface area (TPSA) is 91.4 Å². The summed E-state index contributed by atoms with van der Waals surface area (Å²) in [4.78, 5) is 29.1. The van der Waals surface area contributed by atoms with Gasteiger partial charge in [-0.1, -0.05) is 0 Å². The third-order valence-corrected chi connectivity index (χ3v) is 7.55. The van der Waals surface area contributed by atoms with Crippen molar-refractivity contribution >= 4 is 28.2 Å². The second-order valence-corrected chi connectivity index (χ2v) is 9.44. The first-order valence-electron chi connectivity index (χ1n) is 10.6. The van der Waals surface area contributed by atoms with Gasteiger partial charge < -0.3 is 20.1 Å². The van der Waals surface area contributed by atoms with E-state index in [1.54, 1.807) is 17.4 Å². The smallest absolute Gasteiger partial charge is 0.387 e. The molecule has 0 radical (unpaired) electrons. The number of aryl methyl sites for hydroxylation is 1. The van der Waals surface area contributed by atoms with Crippen LogP contribution >= 0.6 is 11.3 Å². The summed E-state index contributed by atoms with van der Waals surface area (Å²) in [5.41, 5.74) is 1.47. The highest BCUT2D eigenvalue weighted by Gasteiger charge is 2.33. The van der Waals surface area contributed by atoms with Gasteiger partial charge in [0, 0.05) is 27.6 Å². The Kier molecular flexibility index (Phi) is 5.25. The number of carboxylic acids is 1. The Morgan fingerprint density at radius 1 is 1.28 bits per heavy atom. The summed E-state index contributed by atoms with van der Waals surface area (Å²) in [6, 6.07) is 3.93. The molecule has 6 nitrogen and oxygen atoms in total. The molecule has 0 saturated heterocycles. The zero-order chi connectivity index (χ0) is 22.6. The molecule has 0 amide bonds. The zero-order valence-electron chi connectivity index (χ0n) is 17.3. The predicted molar refractivity (Wildman–Crippen MR) is 118 cm³/mol. The molecule has 168 valence electrons. The minimum Gasteiger partial charge on any atom is -0.477 e. The number of halogens is 2. The number of H-pyrrole nitrogens is 1. The molecule has 2 heterocycles. The van der Waals surface area contributed by atoms with E-state index in [4.69, 9.17) is 4.74 Å². The number of pyridine rings is 1. The molecule has 1 unspecified atom stereocenters. The second kappa shape index (κ2) is 7.97. The highest BCUT2D eigenvalue weighted by atomic mass is 32.1. The number of aromatic amines is 1. The van der Waals surface area contributed by atoms with Gasteiger partial charge >= 0.3 is 12.6 Å². The highest BCUT2D eigenvalue weighted by molar-refractivity contribution is 7.15. The summed E-state index contributed by atoms with van der Waals surface area (Å²) in [5, 5.41) is 12.7. The van der Waals surface area contributed by atoms with Crippen LogP contribution in [0.15, 0.2) is 23.1 Å². The van der Waals surface area contributed by atoms with E-state index in [1.807, 2.05) is 7.05 Å². The number of rotatable bonds is 6. The van der Waals surface area contributed by atoms with Crippen LogP contribution in [0.2, 0.25) is 0 Å². The molecule has 1 saturated carbocycles. The summed E-state index contributed by atoms with van der Waals surface area (Å²) in [7, 11) is 1.92. The zero-order valence-corrected chi connectivity index (χ0v) is 18.2. The van der Waals surface area contributed by atoms with Crippen LogP contribution in [-0.4, -0.2) is 29.7 Å². The average molecular weight is 461 g/mol. The Balaban J connectivity index is 1.81. The lowest BCUT2D eigenvalue weighted by Gasteiger charge is -2.21. The van der Waals surface area contributed by atoms with E-state index in [0.29, 0.717) is 5.56 Å². The lowest BCUT2D eigenvalue weighted by molar-refractivity contribution is -0.0485. The normalized spacial score (nSPS) is 18.2. The minimum atomic E-state index is -3.09. The number of carboxylic acid groups (broad SMARTS) is 1. The number of aromatic carboxylic acids is 1. The van der Waals surface area contributed by atoms with Crippen LogP contribution in [0.25, 0.3) is 21.3 Å². The molecule has 2 aliphatic carbocycles. The Labute approximate surface area is 186 Å². The standard InChI is InChI=1S/C23H22F2N2O4S/c1-26-15-3-2-4-16-12(15)8-17(32-16)18-11(10-5-6-10)7-13-19(21(18)31-23(24)25)27-9-14(20(13)28)22(29)30/h7-10,15,23,26H,2-6H2,1H3,(H,27,28)(H,29,30). The molecular formula is C23H22F2N2O4S. The lowest BCUT2D eigenvalue weighted by atomic mass is 9.92. The van der Waals surface area contributed by atoms with E-state index >= 15 is 0 Å². The Bertz CT molecular complexity index is 1280. The Hall–Kier alpha value is -2.78. The average Bonchev–Trinajstić information content (AvgIpc) is 3.51. The van der Waals surface area contributed by atoms with E-state index in [-0.39, 0.29) is 28.6 Å². The monoisotopic (exact) mass is 460 g/mol. The van der Waals surface area contributed by atoms with Crippen molar-refractivity contribution in [2.75, 3.05) is 7.05 Å². The maximum atomic E-state index is 13.5. The van der Waals surface area contributed by atoms with Gasteiger partial charge in [-0.05, 0) is 68.3 Å². The number of fused-ring (bicyclic) bond motifs is 2. The molecule has 2 aliphatic rings. The lowest BCUT2D eigenvalue weighted by Crippen LogP contribution is -2.19. The first-order valence-corrected chi connectivity index (χ1v) is 11.4. The van der Waals surface area contributed by atoms with Crippen LogP contribution in [-0.2, 0) is 6.42 Å². The fraction of sp³-hybridized carbons (Fsp3) is 0.391. The first kappa shape index (κ1) is 21.1. The summed E-state index contributed by atoms with van der Waals surface area (Å²) in [5.74, 6) is -1.33. The number of hydrogen-bond acceptors (Lipinski definition) is 5. The third-order valence-electron chi connectivity index (χ3n) is 6.33. The van der Waals surface area contributed by atoms with Gasteiger partial charge in [-0.2, -0.15) is 8.78 Å². The van der Waals surface area contributed by atoms with Crippen LogP contribution in [0, 0.1) is 0 Å². The quantitative estimate of drug-likeness (QED) is 0.480. The van der Waals surface area contributed by atoms with Crippen molar-refractivity contribution in [1.82, 2.24) is 10.3 Å². The fourth-order valence-electron chi connectivity index (χ4n) is 4.67. The number of hydrogen-bond donors (Lipinski definition) is 3. The van der Waals surface area contributed by atoms with Crippen molar-refractivity contribution in [3.63, 3.8) is 0 Å². The molecule has 1 fully saturated rings. The molecule has 1 atom stereocenters. The third kappa shape index (κ3) is 3.49. The number of alkyl halides is 2. The molecule has 9 heteroatoms. The molecule has 32 heavy (non-hydrogen) atoms. The van der Waals surface area contributed by atoms with Crippen LogP contribution < -0.4 is 15.5 Å². The van der Waals surface area contributed by atoms with Gasteiger partial charge in [0.2, 0.25) is 5.43 Å². The number of carbonyl (C=O) groups is 1. The van der Waals surface area contributed by atoms with Gasteiger partial charge in [-0.15, -0.1) is 11.3 Å². The predicted octanol–water partition coefficient (Wildman–Crippen LogP) is 5.03. The van der Waals surface area contributed by atoms with Gasteiger partial charge in [-0.3, -0.25) is 4.79 Å². The summed E-state index contributed by atoms with van der Waals surface area (Å²) < 4.78 is 32.1. The second-order valence-electron chi connectivity index (χ2n) is 8.30. The number of nitrogens with one attached hydrogen (secondary N) is 2. The van der Waals surface area contributed by atoms with Crippen LogP contribution in [0.1, 0.15) is 64.0 Å². The van der Waals surface area contributed by atoms with Gasteiger partial charge in [0.1, 0.15) is 5.56 Å². The van der Waals surface area contributed by atoms with Gasteiger partial charge in [0.15, 0.2) is 5.75 Å². The van der Waals surface area contributed by atoms with Crippen molar-refractivity contribution in [2.24, 2.45) is 0 Å². The van der Waals surface area contributed by atoms with Crippen molar-refractivity contribution in [3.05, 3.63) is 50.1 Å². The Morgan fingerprint density at radius 2 is 2.06 bits per heavy atom. The Morgan fingerprint density at radius 3 is 2.72 bits per heavy atom. The maximum Gasteiger partial charge on any atom is 0.387 e. The molecule has 1 aromatic carbocycles. The molecule has 2 aromatic heterocycles. The molecule has 3 aromatic rings. The van der Waals surface area contributed by atoms with E-state index in [2.05, 4.69) is 16.4 Å². The first-order chi connectivity index (χ1) is 15.4. The van der Waals surface area contributed by atoms with Gasteiger partial charge in [-0.25, -0.2) is 4.79 Å².